The van der Waals surface area contributed by atoms with Crippen molar-refractivity contribution >= 4 is 34.4 Å². The van der Waals surface area contributed by atoms with Gasteiger partial charge in [0.1, 0.15) is 17.7 Å². The van der Waals surface area contributed by atoms with E-state index in [1.807, 2.05) is 87.5 Å². The number of anilines is 1. The van der Waals surface area contributed by atoms with E-state index in [9.17, 15) is 14.4 Å². The molecule has 3 amide bonds. The van der Waals surface area contributed by atoms with E-state index in [0.717, 1.165) is 16.3 Å². The minimum Gasteiger partial charge on any atom is -0.444 e. The van der Waals surface area contributed by atoms with Crippen LogP contribution in [-0.4, -0.2) is 41.5 Å². The van der Waals surface area contributed by atoms with Crippen molar-refractivity contribution in [3.63, 3.8) is 0 Å². The van der Waals surface area contributed by atoms with Crippen molar-refractivity contribution in [1.29, 1.82) is 0 Å². The highest BCUT2D eigenvalue weighted by molar-refractivity contribution is 6.00. The van der Waals surface area contributed by atoms with E-state index in [2.05, 4.69) is 10.6 Å². The van der Waals surface area contributed by atoms with Gasteiger partial charge in [0.2, 0.25) is 5.91 Å². The smallest absolute Gasteiger partial charge is 0.408 e. The Morgan fingerprint density at radius 1 is 0.947 bits per heavy atom. The minimum absolute atomic E-state index is 0.181. The number of rotatable bonds is 8. The van der Waals surface area contributed by atoms with Gasteiger partial charge < -0.3 is 20.3 Å². The van der Waals surface area contributed by atoms with Crippen LogP contribution in [0.15, 0.2) is 66.7 Å². The molecular formula is C31H39N3O4. The lowest BCUT2D eigenvalue weighted by Crippen LogP contribution is -2.53. The van der Waals surface area contributed by atoms with Crippen molar-refractivity contribution in [3.05, 3.63) is 77.9 Å². The summed E-state index contributed by atoms with van der Waals surface area (Å²) in [6.07, 6.45) is -0.0181. The first-order valence-corrected chi connectivity index (χ1v) is 13.0. The molecule has 3 rings (SSSR count). The fraction of sp³-hybridized carbons (Fsp3) is 0.387. The summed E-state index contributed by atoms with van der Waals surface area (Å²) in [6.45, 7) is 11.1. The molecule has 0 aliphatic carbocycles. The Bertz CT molecular complexity index is 1280. The predicted octanol–water partition coefficient (Wildman–Crippen LogP) is 6.23. The molecule has 0 aromatic heterocycles. The number of likely N-dealkylation sites (N-methyl/N-ethyl adjacent to an activating group) is 1. The number of alkyl carbamates (subject to hydrolysis) is 1. The summed E-state index contributed by atoms with van der Waals surface area (Å²) in [4.78, 5) is 41.6. The zero-order valence-electron chi connectivity index (χ0n) is 23.4. The maximum absolute atomic E-state index is 13.8. The van der Waals surface area contributed by atoms with Crippen molar-refractivity contribution in [3.8, 4) is 0 Å². The summed E-state index contributed by atoms with van der Waals surface area (Å²) in [5, 5.41) is 7.80. The number of ether oxygens (including phenoxy) is 1. The maximum Gasteiger partial charge on any atom is 0.408 e. The molecule has 0 saturated heterocycles. The molecule has 0 aliphatic heterocycles. The lowest BCUT2D eigenvalue weighted by molar-refractivity contribution is -0.140. The number of amides is 3. The third-order valence-electron chi connectivity index (χ3n) is 6.54. The lowest BCUT2D eigenvalue weighted by Gasteiger charge is -2.33. The fourth-order valence-corrected chi connectivity index (χ4v) is 4.24. The van der Waals surface area contributed by atoms with Crippen LogP contribution in [0.2, 0.25) is 0 Å². The number of hydrogen-bond donors (Lipinski definition) is 2. The van der Waals surface area contributed by atoms with Crippen LogP contribution < -0.4 is 10.6 Å². The zero-order chi connectivity index (χ0) is 28.0. The Labute approximate surface area is 225 Å². The molecule has 38 heavy (non-hydrogen) atoms. The SMILES string of the molecule is CCC(C)C(NC(=O)OC(C)(C)C)C(=O)N(C)C(C(=O)Nc1ccc2ccccc2c1)c1ccc(C)cc1. The Morgan fingerprint density at radius 3 is 2.18 bits per heavy atom. The van der Waals surface area contributed by atoms with Crippen LogP contribution in [0.1, 0.15) is 58.2 Å². The van der Waals surface area contributed by atoms with E-state index in [0.29, 0.717) is 17.7 Å². The van der Waals surface area contributed by atoms with Crippen molar-refractivity contribution in [1.82, 2.24) is 10.2 Å². The summed E-state index contributed by atoms with van der Waals surface area (Å²) in [6, 6.07) is 19.4. The number of aryl methyl sites for hydroxylation is 1. The molecule has 0 saturated carbocycles. The fourth-order valence-electron chi connectivity index (χ4n) is 4.24. The van der Waals surface area contributed by atoms with E-state index in [1.165, 1.54) is 4.90 Å². The van der Waals surface area contributed by atoms with E-state index in [-0.39, 0.29) is 17.7 Å². The minimum atomic E-state index is -0.915. The molecule has 3 atom stereocenters. The third-order valence-corrected chi connectivity index (χ3v) is 6.54. The molecule has 2 N–H and O–H groups in total. The van der Waals surface area contributed by atoms with Gasteiger partial charge in [-0.1, -0.05) is 80.4 Å². The highest BCUT2D eigenvalue weighted by atomic mass is 16.6. The van der Waals surface area contributed by atoms with Gasteiger partial charge in [0.05, 0.1) is 0 Å². The van der Waals surface area contributed by atoms with E-state index in [4.69, 9.17) is 4.74 Å². The van der Waals surface area contributed by atoms with E-state index >= 15 is 0 Å². The average molecular weight is 518 g/mol. The molecule has 202 valence electrons. The largest absolute Gasteiger partial charge is 0.444 e. The molecular weight excluding hydrogens is 478 g/mol. The predicted molar refractivity (Wildman–Crippen MR) is 152 cm³/mol. The standard InChI is InChI=1S/C31H39N3O4/c1-8-21(3)26(33-30(37)38-31(4,5)6)29(36)34(7)27(23-15-13-20(2)14-16-23)28(35)32-25-18-17-22-11-9-10-12-24(22)19-25/h9-19,21,26-27H,8H2,1-7H3,(H,32,35)(H,33,37). The lowest BCUT2D eigenvalue weighted by atomic mass is 9.96. The topological polar surface area (TPSA) is 87.7 Å². The van der Waals surface area contributed by atoms with Crippen LogP contribution in [0.3, 0.4) is 0 Å². The van der Waals surface area contributed by atoms with Crippen molar-refractivity contribution < 1.29 is 19.1 Å². The van der Waals surface area contributed by atoms with Gasteiger partial charge in [-0.05, 0) is 62.1 Å². The monoisotopic (exact) mass is 517 g/mol. The number of nitrogens with zero attached hydrogens (tertiary/aromatic N) is 1. The maximum atomic E-state index is 13.8. The van der Waals surface area contributed by atoms with Crippen molar-refractivity contribution in [2.75, 3.05) is 12.4 Å². The number of carbonyl (C=O) groups excluding carboxylic acids is 3. The summed E-state index contributed by atoms with van der Waals surface area (Å²) in [5.74, 6) is -0.899. The highest BCUT2D eigenvalue weighted by Gasteiger charge is 2.36. The molecule has 0 heterocycles. The number of carbonyl (C=O) groups is 3. The van der Waals surface area contributed by atoms with Gasteiger partial charge in [-0.15, -0.1) is 0 Å². The van der Waals surface area contributed by atoms with Crippen molar-refractivity contribution in [2.45, 2.75) is 65.6 Å². The van der Waals surface area contributed by atoms with E-state index in [1.54, 1.807) is 27.8 Å². The van der Waals surface area contributed by atoms with Gasteiger partial charge in [-0.2, -0.15) is 0 Å². The number of hydrogen-bond acceptors (Lipinski definition) is 4. The van der Waals surface area contributed by atoms with E-state index < -0.39 is 23.8 Å². The Balaban J connectivity index is 1.92. The molecule has 0 bridgehead atoms. The second kappa shape index (κ2) is 12.1. The Hall–Kier alpha value is -3.87. The summed E-state index contributed by atoms with van der Waals surface area (Å²) in [7, 11) is 1.60. The van der Waals surface area contributed by atoms with Gasteiger partial charge >= 0.3 is 6.09 Å². The second-order valence-electron chi connectivity index (χ2n) is 10.8. The van der Waals surface area contributed by atoms with Crippen LogP contribution in [0, 0.1) is 12.8 Å². The van der Waals surface area contributed by atoms with Gasteiger partial charge in [0, 0.05) is 12.7 Å². The normalized spacial score (nSPS) is 13.8. The first kappa shape index (κ1) is 28.7. The average Bonchev–Trinajstić information content (AvgIpc) is 2.86. The first-order valence-electron chi connectivity index (χ1n) is 13.0. The first-order chi connectivity index (χ1) is 17.9. The summed E-state index contributed by atoms with van der Waals surface area (Å²) in [5.41, 5.74) is 1.64. The second-order valence-corrected chi connectivity index (χ2v) is 10.8. The van der Waals surface area contributed by atoms with Gasteiger partial charge in [0.15, 0.2) is 0 Å². The number of nitrogens with one attached hydrogen (secondary N) is 2. The van der Waals surface area contributed by atoms with Crippen molar-refractivity contribution in [2.24, 2.45) is 5.92 Å². The van der Waals surface area contributed by atoms with Crippen LogP contribution in [0.5, 0.6) is 0 Å². The van der Waals surface area contributed by atoms with Crippen LogP contribution >= 0.6 is 0 Å². The molecule has 3 unspecified atom stereocenters. The third kappa shape index (κ3) is 7.34. The van der Waals surface area contributed by atoms with Gasteiger partial charge in [0.25, 0.3) is 5.91 Å². The highest BCUT2D eigenvalue weighted by Crippen LogP contribution is 2.26. The number of fused-ring (bicyclic) bond motifs is 1. The molecule has 0 radical (unpaired) electrons. The number of benzene rings is 3. The van der Waals surface area contributed by atoms with Crippen LogP contribution in [0.4, 0.5) is 10.5 Å². The molecule has 0 aliphatic rings. The zero-order valence-corrected chi connectivity index (χ0v) is 23.4. The summed E-state index contributed by atoms with van der Waals surface area (Å²) >= 11 is 0. The molecule has 0 fully saturated rings. The molecule has 0 spiro atoms. The van der Waals surface area contributed by atoms with Crippen LogP contribution in [-0.2, 0) is 14.3 Å². The van der Waals surface area contributed by atoms with Gasteiger partial charge in [-0.3, -0.25) is 9.59 Å². The van der Waals surface area contributed by atoms with Gasteiger partial charge in [-0.25, -0.2) is 4.79 Å². The molecule has 3 aromatic rings. The Kier molecular flexibility index (Phi) is 9.15. The Morgan fingerprint density at radius 2 is 1.58 bits per heavy atom. The molecule has 3 aromatic carbocycles. The van der Waals surface area contributed by atoms with Crippen LogP contribution in [0.25, 0.3) is 10.8 Å². The summed E-state index contributed by atoms with van der Waals surface area (Å²) < 4.78 is 5.41. The molecule has 7 nitrogen and oxygen atoms in total. The quantitative estimate of drug-likeness (QED) is 0.371. The molecule has 7 heteroatoms.